The summed E-state index contributed by atoms with van der Waals surface area (Å²) in [6.07, 6.45) is -1.23. The first-order valence-electron chi connectivity index (χ1n) is 22.1. The molecule has 70 heavy (non-hydrogen) atoms. The number of aromatic hydroxyl groups is 1. The Bertz CT molecular complexity index is 2140. The first-order valence-corrected chi connectivity index (χ1v) is 22.1. The second-order valence-corrected chi connectivity index (χ2v) is 16.3. The fourth-order valence-electron chi connectivity index (χ4n) is 6.39. The Kier molecular flexibility index (Phi) is 25.4. The summed E-state index contributed by atoms with van der Waals surface area (Å²) in [6.45, 7) is 0.671. The molecule has 2 aromatic carbocycles. The number of carbonyl (C=O) groups excluding carboxylic acids is 8. The summed E-state index contributed by atoms with van der Waals surface area (Å²) in [7, 11) is 0. The summed E-state index contributed by atoms with van der Waals surface area (Å²) in [6, 6.07) is 5.71. The van der Waals surface area contributed by atoms with Crippen LogP contribution < -0.4 is 59.7 Å². The predicted octanol–water partition coefficient (Wildman–Crippen LogP) is -4.68. The molecule has 0 aliphatic heterocycles. The molecule has 18 N–H and O–H groups in total. The lowest BCUT2D eigenvalue weighted by molar-refractivity contribution is -0.138. The minimum atomic E-state index is -1.48. The largest absolute Gasteiger partial charge is 0.508 e. The number of aliphatic imine (C=N–C) groups is 1. The minimum Gasteiger partial charge on any atom is -0.508 e. The molecule has 0 saturated carbocycles. The number of phenolic OH excluding ortho intramolecular Hbond substituents is 1. The van der Waals surface area contributed by atoms with E-state index < -0.39 is 135 Å². The van der Waals surface area contributed by atoms with Gasteiger partial charge in [0.1, 0.15) is 48.5 Å². The van der Waals surface area contributed by atoms with Gasteiger partial charge in [0, 0.05) is 25.8 Å². The van der Waals surface area contributed by atoms with Crippen molar-refractivity contribution in [3.05, 3.63) is 65.7 Å². The van der Waals surface area contributed by atoms with Crippen LogP contribution in [-0.2, 0) is 60.8 Å². The van der Waals surface area contributed by atoms with E-state index in [0.29, 0.717) is 11.1 Å². The van der Waals surface area contributed by atoms with Gasteiger partial charge >= 0.3 is 11.9 Å². The highest BCUT2D eigenvalue weighted by Gasteiger charge is 2.33. The maximum Gasteiger partial charge on any atom is 0.322 e. The van der Waals surface area contributed by atoms with Crippen molar-refractivity contribution in [3.63, 3.8) is 0 Å². The first kappa shape index (κ1) is 58.3. The molecule has 8 amide bonds. The minimum absolute atomic E-state index is 0.00964. The Hall–Kier alpha value is -7.87. The molecule has 2 aromatic rings. The summed E-state index contributed by atoms with van der Waals surface area (Å²) in [4.78, 5) is 133. The summed E-state index contributed by atoms with van der Waals surface area (Å²) >= 11 is 0. The molecule has 0 bridgehead atoms. The third-order valence-corrected chi connectivity index (χ3v) is 9.96. The number of nitrogens with two attached hydrogens (primary N) is 3. The number of carboxylic acid groups (broad SMARTS) is 2. The van der Waals surface area contributed by atoms with Gasteiger partial charge in [-0.15, -0.1) is 0 Å². The number of nitrogens with zero attached hydrogens (tertiary/aromatic N) is 1. The first-order chi connectivity index (χ1) is 33.1. The van der Waals surface area contributed by atoms with Crippen LogP contribution in [-0.4, -0.2) is 155 Å². The molecule has 0 aliphatic carbocycles. The number of nitrogens with one attached hydrogen (secondary N) is 8. The van der Waals surface area contributed by atoms with E-state index in [9.17, 15) is 58.2 Å². The van der Waals surface area contributed by atoms with Gasteiger partial charge in [-0.05, 0) is 54.9 Å². The van der Waals surface area contributed by atoms with Gasteiger partial charge in [-0.2, -0.15) is 0 Å². The number of carboxylic acids is 2. The molecule has 2 rings (SSSR count). The smallest absolute Gasteiger partial charge is 0.322 e. The lowest BCUT2D eigenvalue weighted by Crippen LogP contribution is -2.59. The number of hydrogen-bond donors (Lipinski definition) is 15. The van der Waals surface area contributed by atoms with Crippen molar-refractivity contribution in [2.24, 2.45) is 28.1 Å². The quantitative estimate of drug-likeness (QED) is 0.0192. The topological polar surface area (TPSA) is 438 Å². The lowest BCUT2D eigenvalue weighted by Gasteiger charge is -2.27. The van der Waals surface area contributed by atoms with Crippen molar-refractivity contribution in [2.75, 3.05) is 32.8 Å². The Labute approximate surface area is 402 Å². The van der Waals surface area contributed by atoms with E-state index >= 15 is 0 Å². The number of hydrogen-bond acceptors (Lipinski definition) is 14. The molecule has 0 heterocycles. The SMILES string of the molecule is CC(C)C[C@H](NC(=O)[C@H](CCCN=C(N)N)NC(=O)[C@H](Cc1ccc(O)cc1)NC(=O)CNC(=O)[C@H](CCC(=O)O)NC(=O)[C@@H](N)CO)C(=O)N[C@@H](Cc1ccccc1)C(=O)NCC(=O)NCC(=O)O. The maximum absolute atomic E-state index is 14.2. The van der Waals surface area contributed by atoms with Crippen LogP contribution in [0.3, 0.4) is 0 Å². The van der Waals surface area contributed by atoms with Crippen LogP contribution in [0, 0.1) is 5.92 Å². The number of amides is 8. The summed E-state index contributed by atoms with van der Waals surface area (Å²) < 4.78 is 0. The van der Waals surface area contributed by atoms with E-state index in [4.69, 9.17) is 27.4 Å². The monoisotopic (exact) mass is 984 g/mol. The number of aliphatic hydroxyl groups is 1. The van der Waals surface area contributed by atoms with E-state index in [0.717, 1.165) is 0 Å². The van der Waals surface area contributed by atoms with Gasteiger partial charge in [0.25, 0.3) is 0 Å². The number of aliphatic carboxylic acids is 2. The highest BCUT2D eigenvalue weighted by molar-refractivity contribution is 5.97. The van der Waals surface area contributed by atoms with E-state index in [-0.39, 0.29) is 56.3 Å². The molecule has 0 saturated heterocycles. The normalized spacial score (nSPS) is 13.3. The summed E-state index contributed by atoms with van der Waals surface area (Å²) in [5.74, 6) is -10.3. The average molecular weight is 985 g/mol. The average Bonchev–Trinajstić information content (AvgIpc) is 3.30. The Morgan fingerprint density at radius 3 is 1.64 bits per heavy atom. The van der Waals surface area contributed by atoms with Crippen LogP contribution in [0.25, 0.3) is 0 Å². The van der Waals surface area contributed by atoms with Crippen molar-refractivity contribution >= 4 is 65.2 Å². The van der Waals surface area contributed by atoms with Crippen LogP contribution in [0.2, 0.25) is 0 Å². The molecule has 6 atom stereocenters. The molecule has 0 unspecified atom stereocenters. The van der Waals surface area contributed by atoms with Gasteiger partial charge in [0.05, 0.1) is 19.7 Å². The molecule has 26 nitrogen and oxygen atoms in total. The molecule has 0 fully saturated rings. The van der Waals surface area contributed by atoms with Gasteiger partial charge in [-0.25, -0.2) is 0 Å². The van der Waals surface area contributed by atoms with E-state index in [2.05, 4.69) is 47.5 Å². The maximum atomic E-state index is 14.2. The van der Waals surface area contributed by atoms with Crippen molar-refractivity contribution in [1.82, 2.24) is 42.5 Å². The third-order valence-electron chi connectivity index (χ3n) is 9.96. The summed E-state index contributed by atoms with van der Waals surface area (Å²) in [5, 5.41) is 56.5. The van der Waals surface area contributed by atoms with Crippen molar-refractivity contribution in [2.45, 2.75) is 95.0 Å². The van der Waals surface area contributed by atoms with Crippen molar-refractivity contribution in [3.8, 4) is 5.75 Å². The molecular weight excluding hydrogens is 921 g/mol. The lowest BCUT2D eigenvalue weighted by atomic mass is 10.00. The zero-order valence-corrected chi connectivity index (χ0v) is 38.8. The zero-order chi connectivity index (χ0) is 52.3. The molecule has 0 spiro atoms. The molecular formula is C44H64N12O14. The number of rotatable bonds is 31. The second-order valence-electron chi connectivity index (χ2n) is 16.3. The summed E-state index contributed by atoms with van der Waals surface area (Å²) in [5.41, 5.74) is 17.5. The zero-order valence-electron chi connectivity index (χ0n) is 38.8. The molecule has 26 heteroatoms. The van der Waals surface area contributed by atoms with Crippen LogP contribution in [0.5, 0.6) is 5.75 Å². The molecule has 384 valence electrons. The van der Waals surface area contributed by atoms with Crippen molar-refractivity contribution < 1.29 is 68.4 Å². The Morgan fingerprint density at radius 2 is 1.07 bits per heavy atom. The van der Waals surface area contributed by atoms with E-state index in [1.54, 1.807) is 44.2 Å². The van der Waals surface area contributed by atoms with E-state index in [1.165, 1.54) is 24.3 Å². The van der Waals surface area contributed by atoms with Crippen LogP contribution in [0.15, 0.2) is 59.6 Å². The second kappa shape index (κ2) is 30.5. The van der Waals surface area contributed by atoms with Crippen LogP contribution in [0.1, 0.15) is 57.1 Å². The molecule has 0 aliphatic rings. The van der Waals surface area contributed by atoms with Crippen LogP contribution >= 0.6 is 0 Å². The standard InChI is InChI=1S/C44H64N12O14/c1-24(2)17-31(42(69)56-32(18-25-7-4-3-5-8-25)40(67)50-20-34(59)49-22-37(63)64)55-41(68)29(9-6-16-48-44(46)47)54-43(70)33(19-26-10-12-27(58)13-11-26)52-35(60)21-51-39(66)30(14-15-36(61)62)53-38(65)28(45)23-57/h3-5,7-8,10-13,24,28-33,57-58H,6,9,14-23,45H2,1-2H3,(H,49,59)(H,50,67)(H,51,66)(H,52,60)(H,53,65)(H,54,70)(H,55,68)(H,56,69)(H,61,62)(H,63,64)(H4,46,47,48)/t28-,29-,30-,31-,32-,33-/m0/s1. The van der Waals surface area contributed by atoms with Crippen molar-refractivity contribution in [1.29, 1.82) is 0 Å². The molecule has 0 radical (unpaired) electrons. The van der Waals surface area contributed by atoms with Gasteiger partial charge < -0.3 is 80.2 Å². The third kappa shape index (κ3) is 23.2. The Balaban J connectivity index is 2.41. The highest BCUT2D eigenvalue weighted by atomic mass is 16.4. The number of carbonyl (C=O) groups is 10. The number of benzene rings is 2. The number of phenols is 1. The number of guanidine groups is 1. The fourth-order valence-corrected chi connectivity index (χ4v) is 6.39. The fraction of sp³-hybridized carbons (Fsp3) is 0.477. The Morgan fingerprint density at radius 1 is 0.571 bits per heavy atom. The van der Waals surface area contributed by atoms with Gasteiger partial charge in [-0.1, -0.05) is 56.3 Å². The predicted molar refractivity (Wildman–Crippen MR) is 250 cm³/mol. The van der Waals surface area contributed by atoms with Crippen LogP contribution in [0.4, 0.5) is 0 Å². The molecule has 0 aromatic heterocycles. The highest BCUT2D eigenvalue weighted by Crippen LogP contribution is 2.13. The van der Waals surface area contributed by atoms with Gasteiger partial charge in [0.2, 0.25) is 47.3 Å². The number of aliphatic hydroxyl groups excluding tert-OH is 1. The van der Waals surface area contributed by atoms with Gasteiger partial charge in [-0.3, -0.25) is 52.9 Å². The van der Waals surface area contributed by atoms with E-state index in [1.807, 2.05) is 0 Å². The van der Waals surface area contributed by atoms with Gasteiger partial charge in [0.15, 0.2) is 5.96 Å².